The Kier molecular flexibility index (Phi) is 4.82. The fourth-order valence-electron chi connectivity index (χ4n) is 1.99. The number of ketones is 1. The molecule has 4 nitrogen and oxygen atoms in total. The zero-order chi connectivity index (χ0) is 14.4. The lowest BCUT2D eigenvalue weighted by atomic mass is 9.97. The molecule has 0 radical (unpaired) electrons. The van der Waals surface area contributed by atoms with Crippen molar-refractivity contribution >= 4 is 11.8 Å². The molecule has 1 unspecified atom stereocenters. The lowest BCUT2D eigenvalue weighted by Crippen LogP contribution is -2.14. The molecule has 1 aliphatic carbocycles. The molecule has 1 heterocycles. The van der Waals surface area contributed by atoms with E-state index in [9.17, 15) is 9.59 Å². The number of hydrogen-bond donors (Lipinski definition) is 0. The molecule has 0 aliphatic heterocycles. The molecular weight excluding hydrogens is 254 g/mol. The molecule has 0 amide bonds. The van der Waals surface area contributed by atoms with Gasteiger partial charge in [0.15, 0.2) is 11.9 Å². The average Bonchev–Trinajstić information content (AvgIpc) is 2.47. The Morgan fingerprint density at radius 3 is 2.90 bits per heavy atom. The van der Waals surface area contributed by atoms with Crippen LogP contribution in [0.25, 0.3) is 0 Å². The highest BCUT2D eigenvalue weighted by Gasteiger charge is 2.21. The van der Waals surface area contributed by atoms with Gasteiger partial charge in [0.05, 0.1) is 0 Å². The molecule has 0 saturated carbocycles. The van der Waals surface area contributed by atoms with Gasteiger partial charge in [0.25, 0.3) is 0 Å². The zero-order valence-electron chi connectivity index (χ0n) is 11.4. The van der Waals surface area contributed by atoms with Crippen LogP contribution in [0.4, 0.5) is 0 Å². The number of ether oxygens (including phenoxy) is 1. The molecule has 20 heavy (non-hydrogen) atoms. The number of aromatic nitrogens is 1. The minimum atomic E-state index is -0.493. The van der Waals surface area contributed by atoms with E-state index in [1.54, 1.807) is 30.6 Å². The summed E-state index contributed by atoms with van der Waals surface area (Å²) in [4.78, 5) is 27.1. The summed E-state index contributed by atoms with van der Waals surface area (Å²) in [5, 5.41) is 0. The maximum atomic E-state index is 11.8. The first-order chi connectivity index (χ1) is 9.70. The summed E-state index contributed by atoms with van der Waals surface area (Å²) in [5.74, 6) is -0.189. The summed E-state index contributed by atoms with van der Waals surface area (Å²) in [6.45, 7) is 1.93. The molecule has 0 N–H and O–H groups in total. The molecule has 0 fully saturated rings. The second kappa shape index (κ2) is 6.80. The third kappa shape index (κ3) is 3.63. The van der Waals surface area contributed by atoms with Crippen molar-refractivity contribution in [2.75, 3.05) is 0 Å². The first-order valence-electron chi connectivity index (χ1n) is 6.71. The highest BCUT2D eigenvalue weighted by Crippen LogP contribution is 2.29. The molecule has 1 aromatic rings. The molecule has 2 rings (SSSR count). The molecule has 4 heteroatoms. The third-order valence-corrected chi connectivity index (χ3v) is 2.99. The van der Waals surface area contributed by atoms with E-state index < -0.39 is 6.10 Å². The van der Waals surface area contributed by atoms with Gasteiger partial charge in [0.2, 0.25) is 0 Å². The van der Waals surface area contributed by atoms with Crippen molar-refractivity contribution in [3.8, 4) is 0 Å². The quantitative estimate of drug-likeness (QED) is 0.773. The Labute approximate surface area is 118 Å². The van der Waals surface area contributed by atoms with Gasteiger partial charge in [-0.25, -0.2) is 0 Å². The summed E-state index contributed by atoms with van der Waals surface area (Å²) >= 11 is 0. The van der Waals surface area contributed by atoms with Gasteiger partial charge in [-0.15, -0.1) is 0 Å². The van der Waals surface area contributed by atoms with Crippen molar-refractivity contribution in [2.24, 2.45) is 0 Å². The van der Waals surface area contributed by atoms with Crippen LogP contribution in [0, 0.1) is 0 Å². The molecule has 104 valence electrons. The summed E-state index contributed by atoms with van der Waals surface area (Å²) < 4.78 is 5.54. The molecule has 1 aromatic heterocycles. The number of hydrogen-bond acceptors (Lipinski definition) is 4. The smallest absolute Gasteiger partial charge is 0.306 e. The highest BCUT2D eigenvalue weighted by molar-refractivity contribution is 5.92. The van der Waals surface area contributed by atoms with E-state index in [0.29, 0.717) is 12.8 Å². The first-order valence-corrected chi connectivity index (χ1v) is 6.71. The van der Waals surface area contributed by atoms with Gasteiger partial charge in [0.1, 0.15) is 0 Å². The van der Waals surface area contributed by atoms with Crippen molar-refractivity contribution in [3.05, 3.63) is 53.9 Å². The molecular formula is C16H17NO3. The van der Waals surface area contributed by atoms with Crippen molar-refractivity contribution in [1.82, 2.24) is 4.98 Å². The number of carbonyl (C=O) groups is 2. The molecule has 0 bridgehead atoms. The normalized spacial score (nSPS) is 15.7. The second-order valence-electron chi connectivity index (χ2n) is 4.61. The Hall–Kier alpha value is -2.23. The predicted octanol–water partition coefficient (Wildman–Crippen LogP) is 2.92. The summed E-state index contributed by atoms with van der Waals surface area (Å²) in [5.41, 5.74) is 1.63. The van der Waals surface area contributed by atoms with E-state index >= 15 is 0 Å². The minimum absolute atomic E-state index is 0.0542. The maximum absolute atomic E-state index is 11.8. The van der Waals surface area contributed by atoms with Crippen LogP contribution in [0.1, 0.15) is 37.9 Å². The van der Waals surface area contributed by atoms with Crippen LogP contribution in [0.3, 0.4) is 0 Å². The molecule has 0 aromatic carbocycles. The first kappa shape index (κ1) is 14.2. The fraction of sp³-hybridized carbons (Fsp3) is 0.312. The SMILES string of the molecule is CCCC(=O)OC(C1=CCC(=O)C=C1)c1cccnc1. The van der Waals surface area contributed by atoms with E-state index in [4.69, 9.17) is 4.74 Å². The fourth-order valence-corrected chi connectivity index (χ4v) is 1.99. The number of rotatable bonds is 5. The lowest BCUT2D eigenvalue weighted by molar-refractivity contribution is -0.147. The summed E-state index contributed by atoms with van der Waals surface area (Å²) in [7, 11) is 0. The van der Waals surface area contributed by atoms with Gasteiger partial charge in [-0.05, 0) is 24.1 Å². The molecule has 1 aliphatic rings. The number of esters is 1. The van der Waals surface area contributed by atoms with Gasteiger partial charge in [-0.1, -0.05) is 25.1 Å². The zero-order valence-corrected chi connectivity index (χ0v) is 11.4. The highest BCUT2D eigenvalue weighted by atomic mass is 16.5. The maximum Gasteiger partial charge on any atom is 0.306 e. The minimum Gasteiger partial charge on any atom is -0.452 e. The van der Waals surface area contributed by atoms with Crippen molar-refractivity contribution in [3.63, 3.8) is 0 Å². The van der Waals surface area contributed by atoms with Gasteiger partial charge in [-0.2, -0.15) is 0 Å². The van der Waals surface area contributed by atoms with Gasteiger partial charge < -0.3 is 4.74 Å². The number of carbonyl (C=O) groups excluding carboxylic acids is 2. The Balaban J connectivity index is 2.23. The van der Waals surface area contributed by atoms with Crippen LogP contribution in [0.5, 0.6) is 0 Å². The number of pyridine rings is 1. The van der Waals surface area contributed by atoms with Gasteiger partial charge in [0, 0.05) is 30.8 Å². The van der Waals surface area contributed by atoms with Crippen LogP contribution >= 0.6 is 0 Å². The van der Waals surface area contributed by atoms with E-state index in [1.807, 2.05) is 13.0 Å². The average molecular weight is 271 g/mol. The van der Waals surface area contributed by atoms with Crippen LogP contribution in [-0.2, 0) is 14.3 Å². The van der Waals surface area contributed by atoms with Crippen LogP contribution in [0.15, 0.2) is 48.3 Å². The van der Waals surface area contributed by atoms with Crippen molar-refractivity contribution in [1.29, 1.82) is 0 Å². The Morgan fingerprint density at radius 1 is 1.45 bits per heavy atom. The third-order valence-electron chi connectivity index (χ3n) is 2.99. The van der Waals surface area contributed by atoms with Gasteiger partial charge >= 0.3 is 5.97 Å². The van der Waals surface area contributed by atoms with E-state index in [1.165, 1.54) is 6.08 Å². The summed E-state index contributed by atoms with van der Waals surface area (Å²) in [6, 6.07) is 3.66. The Morgan fingerprint density at radius 2 is 2.30 bits per heavy atom. The van der Waals surface area contributed by atoms with Crippen molar-refractivity contribution in [2.45, 2.75) is 32.3 Å². The van der Waals surface area contributed by atoms with Crippen LogP contribution in [-0.4, -0.2) is 16.7 Å². The number of nitrogens with zero attached hydrogens (tertiary/aromatic N) is 1. The van der Waals surface area contributed by atoms with Crippen LogP contribution < -0.4 is 0 Å². The monoisotopic (exact) mass is 271 g/mol. The van der Waals surface area contributed by atoms with Crippen molar-refractivity contribution < 1.29 is 14.3 Å². The Bertz CT molecular complexity index is 546. The number of allylic oxidation sites excluding steroid dienone is 2. The summed E-state index contributed by atoms with van der Waals surface area (Å²) in [6.07, 6.45) is 9.35. The lowest BCUT2D eigenvalue weighted by Gasteiger charge is -2.20. The second-order valence-corrected chi connectivity index (χ2v) is 4.61. The topological polar surface area (TPSA) is 56.3 Å². The van der Waals surface area contributed by atoms with Gasteiger partial charge in [-0.3, -0.25) is 14.6 Å². The standard InChI is InChI=1S/C16H17NO3/c1-2-4-15(19)20-16(13-5-3-10-17-11-13)12-6-8-14(18)9-7-12/h3,5-8,10-11,16H,2,4,9H2,1H3. The van der Waals surface area contributed by atoms with E-state index in [2.05, 4.69) is 4.98 Å². The van der Waals surface area contributed by atoms with E-state index in [0.717, 1.165) is 17.6 Å². The predicted molar refractivity (Wildman–Crippen MR) is 74.8 cm³/mol. The molecule has 0 saturated heterocycles. The largest absolute Gasteiger partial charge is 0.452 e. The van der Waals surface area contributed by atoms with E-state index in [-0.39, 0.29) is 11.8 Å². The molecule has 1 atom stereocenters. The molecule has 0 spiro atoms. The van der Waals surface area contributed by atoms with Crippen LogP contribution in [0.2, 0.25) is 0 Å².